The summed E-state index contributed by atoms with van der Waals surface area (Å²) in [6.07, 6.45) is 0.755. The fourth-order valence-corrected chi connectivity index (χ4v) is 3.61. The van der Waals surface area contributed by atoms with Crippen LogP contribution in [0.5, 0.6) is 5.75 Å². The third kappa shape index (κ3) is 3.92. The molecule has 0 fully saturated rings. The van der Waals surface area contributed by atoms with Crippen molar-refractivity contribution in [3.8, 4) is 11.4 Å². The van der Waals surface area contributed by atoms with Gasteiger partial charge in [-0.2, -0.15) is 5.10 Å². The maximum absolute atomic E-state index is 12.9. The highest BCUT2D eigenvalue weighted by Gasteiger charge is 2.16. The van der Waals surface area contributed by atoms with E-state index in [1.807, 2.05) is 60.7 Å². The zero-order valence-electron chi connectivity index (χ0n) is 14.9. The molecule has 0 saturated carbocycles. The van der Waals surface area contributed by atoms with Gasteiger partial charge in [0.05, 0.1) is 18.0 Å². The molecular formula is C20H18N4O3S. The van der Waals surface area contributed by atoms with Gasteiger partial charge in [0.25, 0.3) is 5.56 Å². The van der Waals surface area contributed by atoms with Crippen molar-refractivity contribution in [1.29, 1.82) is 0 Å². The van der Waals surface area contributed by atoms with Crippen LogP contribution in [0.3, 0.4) is 0 Å². The summed E-state index contributed by atoms with van der Waals surface area (Å²) >= 11 is 1.29. The predicted octanol–water partition coefficient (Wildman–Crippen LogP) is 2.64. The molecule has 2 heterocycles. The topological polar surface area (TPSA) is 93.0 Å². The number of aliphatic hydroxyl groups is 1. The Hall–Kier alpha value is -3.10. The molecule has 7 nitrogen and oxygen atoms in total. The number of thioether (sulfide) groups is 1. The average Bonchev–Trinajstić information content (AvgIpc) is 3.21. The van der Waals surface area contributed by atoms with Crippen molar-refractivity contribution in [2.24, 2.45) is 0 Å². The van der Waals surface area contributed by atoms with E-state index in [-0.39, 0.29) is 12.2 Å². The van der Waals surface area contributed by atoms with Crippen LogP contribution < -0.4 is 10.3 Å². The Bertz CT molecular complexity index is 1110. The van der Waals surface area contributed by atoms with Crippen LogP contribution in [0.15, 0.2) is 76.8 Å². The molecule has 0 bridgehead atoms. The molecule has 142 valence electrons. The largest absolute Gasteiger partial charge is 0.491 e. The van der Waals surface area contributed by atoms with Crippen molar-refractivity contribution in [3.05, 3.63) is 77.2 Å². The van der Waals surface area contributed by atoms with E-state index in [4.69, 9.17) is 4.74 Å². The van der Waals surface area contributed by atoms with Gasteiger partial charge in [0.15, 0.2) is 10.8 Å². The second-order valence-electron chi connectivity index (χ2n) is 6.09. The molecule has 4 aromatic rings. The predicted molar refractivity (Wildman–Crippen MR) is 108 cm³/mol. The lowest BCUT2D eigenvalue weighted by molar-refractivity contribution is 0.126. The number of aromatic nitrogens is 4. The van der Waals surface area contributed by atoms with E-state index in [0.717, 1.165) is 0 Å². The molecule has 2 N–H and O–H groups in total. The maximum atomic E-state index is 12.9. The van der Waals surface area contributed by atoms with Crippen LogP contribution in [-0.4, -0.2) is 43.3 Å². The molecule has 0 unspecified atom stereocenters. The minimum absolute atomic E-state index is 0.152. The number of aliphatic hydroxyl groups excluding tert-OH is 1. The summed E-state index contributed by atoms with van der Waals surface area (Å²) < 4.78 is 7.12. The monoisotopic (exact) mass is 394 g/mol. The number of nitrogens with one attached hydrogen (secondary N) is 1. The quantitative estimate of drug-likeness (QED) is 0.370. The molecule has 4 rings (SSSR count). The lowest BCUT2D eigenvalue weighted by atomic mass is 10.3. The zero-order chi connectivity index (χ0) is 19.3. The third-order valence-corrected chi connectivity index (χ3v) is 5.14. The lowest BCUT2D eigenvalue weighted by Gasteiger charge is -2.14. The summed E-state index contributed by atoms with van der Waals surface area (Å²) in [5.74, 6) is 1.02. The number of hydrogen-bond acceptors (Lipinski definition) is 6. The number of para-hydroxylation sites is 2. The second kappa shape index (κ2) is 8.28. The number of benzene rings is 2. The van der Waals surface area contributed by atoms with E-state index in [1.54, 1.807) is 0 Å². The van der Waals surface area contributed by atoms with Gasteiger partial charge in [0.1, 0.15) is 17.7 Å². The maximum Gasteiger partial charge on any atom is 0.269 e. The Morgan fingerprint density at radius 1 is 1.11 bits per heavy atom. The molecule has 2 aromatic heterocycles. The van der Waals surface area contributed by atoms with E-state index in [0.29, 0.717) is 33.4 Å². The number of aromatic amines is 1. The van der Waals surface area contributed by atoms with Gasteiger partial charge >= 0.3 is 0 Å². The first-order valence-electron chi connectivity index (χ1n) is 8.72. The third-order valence-electron chi connectivity index (χ3n) is 4.06. The first-order valence-corrected chi connectivity index (χ1v) is 9.71. The van der Waals surface area contributed by atoms with Gasteiger partial charge in [0, 0.05) is 5.75 Å². The molecule has 0 aliphatic carbocycles. The Morgan fingerprint density at radius 3 is 2.57 bits per heavy atom. The van der Waals surface area contributed by atoms with Crippen molar-refractivity contribution in [2.75, 3.05) is 12.4 Å². The van der Waals surface area contributed by atoms with Gasteiger partial charge in [0.2, 0.25) is 0 Å². The van der Waals surface area contributed by atoms with Gasteiger partial charge in [-0.15, -0.1) is 0 Å². The second-order valence-corrected chi connectivity index (χ2v) is 7.08. The van der Waals surface area contributed by atoms with Crippen LogP contribution in [-0.2, 0) is 0 Å². The van der Waals surface area contributed by atoms with Crippen LogP contribution in [0.25, 0.3) is 16.7 Å². The van der Waals surface area contributed by atoms with Crippen LogP contribution in [0.2, 0.25) is 0 Å². The van der Waals surface area contributed by atoms with Crippen molar-refractivity contribution < 1.29 is 9.84 Å². The van der Waals surface area contributed by atoms with Crippen LogP contribution in [0.1, 0.15) is 0 Å². The first-order chi connectivity index (χ1) is 13.7. The lowest BCUT2D eigenvalue weighted by Crippen LogP contribution is -2.24. The number of ether oxygens (including phenoxy) is 1. The highest BCUT2D eigenvalue weighted by molar-refractivity contribution is 7.99. The van der Waals surface area contributed by atoms with Gasteiger partial charge in [-0.25, -0.2) is 4.98 Å². The molecular weight excluding hydrogens is 376 g/mol. The molecule has 0 radical (unpaired) electrons. The molecule has 0 saturated heterocycles. The number of fused-ring (bicyclic) bond motifs is 1. The van der Waals surface area contributed by atoms with E-state index < -0.39 is 6.10 Å². The van der Waals surface area contributed by atoms with Gasteiger partial charge < -0.3 is 9.84 Å². The van der Waals surface area contributed by atoms with Gasteiger partial charge in [-0.05, 0) is 24.3 Å². The highest BCUT2D eigenvalue weighted by atomic mass is 32.2. The summed E-state index contributed by atoms with van der Waals surface area (Å²) in [7, 11) is 0. The van der Waals surface area contributed by atoms with Crippen molar-refractivity contribution in [1.82, 2.24) is 19.7 Å². The molecule has 0 spiro atoms. The van der Waals surface area contributed by atoms with Gasteiger partial charge in [-0.3, -0.25) is 14.5 Å². The van der Waals surface area contributed by atoms with Crippen molar-refractivity contribution in [3.63, 3.8) is 0 Å². The van der Waals surface area contributed by atoms with Crippen LogP contribution in [0, 0.1) is 0 Å². The Kier molecular flexibility index (Phi) is 5.41. The summed E-state index contributed by atoms with van der Waals surface area (Å²) in [6.45, 7) is 0.152. The zero-order valence-corrected chi connectivity index (χ0v) is 15.7. The molecule has 0 aliphatic heterocycles. The summed E-state index contributed by atoms with van der Waals surface area (Å²) in [5, 5.41) is 17.8. The Balaban J connectivity index is 1.55. The van der Waals surface area contributed by atoms with Gasteiger partial charge in [-0.1, -0.05) is 48.2 Å². The fraction of sp³-hybridized carbons (Fsp3) is 0.150. The average molecular weight is 394 g/mol. The Labute approximate surface area is 165 Å². The summed E-state index contributed by atoms with van der Waals surface area (Å²) in [6, 6.07) is 18.6. The van der Waals surface area contributed by atoms with Crippen molar-refractivity contribution >= 4 is 22.8 Å². The standard InChI is InChI=1S/C20H18N4O3S/c25-15(12-27-16-9-5-2-6-10-16)13-28-20-22-18-17(11-21-23-18)19(26)24(20)14-7-3-1-4-8-14/h1-11,15,25H,12-13H2,(H,21,23)/t15-/m1/s1. The number of hydrogen-bond donors (Lipinski definition) is 2. The molecule has 28 heavy (non-hydrogen) atoms. The minimum Gasteiger partial charge on any atom is -0.491 e. The normalized spacial score (nSPS) is 12.2. The van der Waals surface area contributed by atoms with E-state index >= 15 is 0 Å². The Morgan fingerprint density at radius 2 is 1.82 bits per heavy atom. The highest BCUT2D eigenvalue weighted by Crippen LogP contribution is 2.21. The molecule has 8 heteroatoms. The van der Waals surface area contributed by atoms with Crippen LogP contribution >= 0.6 is 11.8 Å². The summed E-state index contributed by atoms with van der Waals surface area (Å²) in [5.41, 5.74) is 0.929. The molecule has 0 aliphatic rings. The van der Waals surface area contributed by atoms with Crippen LogP contribution in [0.4, 0.5) is 0 Å². The SMILES string of the molecule is O=c1c2cn[nH]c2nc(SC[C@H](O)COc2ccccc2)n1-c1ccccc1. The number of nitrogens with zero attached hydrogens (tertiary/aromatic N) is 3. The number of rotatable bonds is 7. The molecule has 0 amide bonds. The molecule has 1 atom stereocenters. The smallest absolute Gasteiger partial charge is 0.269 e. The number of H-pyrrole nitrogens is 1. The van der Waals surface area contributed by atoms with E-state index in [1.165, 1.54) is 22.5 Å². The summed E-state index contributed by atoms with van der Waals surface area (Å²) in [4.78, 5) is 17.4. The molecule has 2 aromatic carbocycles. The minimum atomic E-state index is -0.719. The fourth-order valence-electron chi connectivity index (χ4n) is 2.70. The van der Waals surface area contributed by atoms with Crippen molar-refractivity contribution in [2.45, 2.75) is 11.3 Å². The first kappa shape index (κ1) is 18.3. The van der Waals surface area contributed by atoms with E-state index in [9.17, 15) is 9.90 Å². The van der Waals surface area contributed by atoms with E-state index in [2.05, 4.69) is 15.2 Å².